The second kappa shape index (κ2) is 9.75. The molecule has 0 saturated carbocycles. The lowest BCUT2D eigenvalue weighted by molar-refractivity contribution is 0.0940. The standard InChI is InChI=1S/C27H21FN8O/c1-15(17-2-6-19(28)7-3-17)35-27(37)21-10-16(11-29)12-31-25(21)36-20-8-4-18(5-9-20)22-13-32-26-23(22)24(30)33-14-34-26/h2-10,12-15H,1H3,(H,31,36)(H,35,37)(H3,30,32,33,34). The molecule has 9 nitrogen and oxygen atoms in total. The molecule has 182 valence electrons. The van der Waals surface area contributed by atoms with Crippen molar-refractivity contribution in [2.24, 2.45) is 0 Å². The fourth-order valence-electron chi connectivity index (χ4n) is 3.99. The lowest BCUT2D eigenvalue weighted by Gasteiger charge is -2.16. The first-order chi connectivity index (χ1) is 17.9. The molecule has 0 aliphatic carbocycles. The van der Waals surface area contributed by atoms with Crippen molar-refractivity contribution in [2.45, 2.75) is 13.0 Å². The number of rotatable bonds is 6. The average Bonchev–Trinajstić information content (AvgIpc) is 3.35. The number of benzene rings is 2. The third-order valence-corrected chi connectivity index (χ3v) is 5.94. The largest absolute Gasteiger partial charge is 0.383 e. The maximum absolute atomic E-state index is 13.3. The molecule has 3 aromatic heterocycles. The fraction of sp³-hybridized carbons (Fsp3) is 0.0741. The maximum Gasteiger partial charge on any atom is 0.255 e. The predicted octanol–water partition coefficient (Wildman–Crippen LogP) is 4.85. The molecule has 0 aliphatic heterocycles. The zero-order chi connectivity index (χ0) is 25.9. The van der Waals surface area contributed by atoms with E-state index < -0.39 is 11.9 Å². The molecular weight excluding hydrogens is 471 g/mol. The Labute approximate surface area is 211 Å². The molecule has 1 amide bonds. The fourth-order valence-corrected chi connectivity index (χ4v) is 3.99. The van der Waals surface area contributed by atoms with Crippen LogP contribution in [-0.4, -0.2) is 25.8 Å². The molecule has 0 aliphatic rings. The van der Waals surface area contributed by atoms with Crippen LogP contribution in [0.3, 0.4) is 0 Å². The van der Waals surface area contributed by atoms with E-state index in [9.17, 15) is 14.4 Å². The van der Waals surface area contributed by atoms with Crippen molar-refractivity contribution in [3.05, 3.63) is 95.8 Å². The van der Waals surface area contributed by atoms with Crippen LogP contribution in [0.2, 0.25) is 0 Å². The number of nitrogens with zero attached hydrogens (tertiary/aromatic N) is 4. The molecule has 5 rings (SSSR count). The number of aromatic amines is 1. The molecule has 0 bridgehead atoms. The van der Waals surface area contributed by atoms with Crippen LogP contribution >= 0.6 is 0 Å². The minimum absolute atomic E-state index is 0.207. The van der Waals surface area contributed by atoms with Crippen molar-refractivity contribution in [1.82, 2.24) is 25.3 Å². The van der Waals surface area contributed by atoms with Gasteiger partial charge in [0.1, 0.15) is 35.5 Å². The summed E-state index contributed by atoms with van der Waals surface area (Å²) in [6, 6.07) is 16.5. The molecule has 1 unspecified atom stereocenters. The molecule has 2 aromatic carbocycles. The van der Waals surface area contributed by atoms with E-state index in [4.69, 9.17) is 5.73 Å². The number of carbonyl (C=O) groups excluding carboxylic acids is 1. The summed E-state index contributed by atoms with van der Waals surface area (Å²) in [7, 11) is 0. The Morgan fingerprint density at radius 2 is 1.86 bits per heavy atom. The van der Waals surface area contributed by atoms with Crippen molar-refractivity contribution < 1.29 is 9.18 Å². The highest BCUT2D eigenvalue weighted by Gasteiger charge is 2.18. The maximum atomic E-state index is 13.3. The van der Waals surface area contributed by atoms with Crippen molar-refractivity contribution >= 4 is 34.3 Å². The van der Waals surface area contributed by atoms with Crippen LogP contribution in [0.25, 0.3) is 22.2 Å². The number of carbonyl (C=O) groups is 1. The number of nitrogen functional groups attached to an aromatic ring is 1. The van der Waals surface area contributed by atoms with Gasteiger partial charge in [0.15, 0.2) is 0 Å². The minimum Gasteiger partial charge on any atom is -0.383 e. The van der Waals surface area contributed by atoms with Gasteiger partial charge in [0.25, 0.3) is 5.91 Å². The van der Waals surface area contributed by atoms with E-state index >= 15 is 0 Å². The van der Waals surface area contributed by atoms with Crippen LogP contribution in [0.4, 0.5) is 21.7 Å². The topological polar surface area (TPSA) is 145 Å². The first kappa shape index (κ1) is 23.4. The lowest BCUT2D eigenvalue weighted by Crippen LogP contribution is -2.27. The number of hydrogen-bond acceptors (Lipinski definition) is 7. The Morgan fingerprint density at radius 1 is 1.11 bits per heavy atom. The third kappa shape index (κ3) is 4.78. The molecule has 5 aromatic rings. The van der Waals surface area contributed by atoms with Gasteiger partial charge in [-0.1, -0.05) is 24.3 Å². The SMILES string of the molecule is CC(NC(=O)c1cc(C#N)cnc1Nc1ccc(-c2c[nH]c3ncnc(N)c23)cc1)c1ccc(F)cc1. The molecular formula is C27H21FN8O. The third-order valence-electron chi connectivity index (χ3n) is 5.94. The van der Waals surface area contributed by atoms with Gasteiger partial charge < -0.3 is 21.4 Å². The van der Waals surface area contributed by atoms with Gasteiger partial charge in [-0.05, 0) is 48.4 Å². The van der Waals surface area contributed by atoms with Crippen molar-refractivity contribution in [2.75, 3.05) is 11.1 Å². The zero-order valence-corrected chi connectivity index (χ0v) is 19.7. The Kier molecular flexibility index (Phi) is 6.18. The van der Waals surface area contributed by atoms with Gasteiger partial charge in [0.2, 0.25) is 0 Å². The average molecular weight is 493 g/mol. The summed E-state index contributed by atoms with van der Waals surface area (Å²) in [4.78, 5) is 28.8. The van der Waals surface area contributed by atoms with Crippen LogP contribution in [-0.2, 0) is 0 Å². The smallest absolute Gasteiger partial charge is 0.255 e. The van der Waals surface area contributed by atoms with Crippen LogP contribution in [0.15, 0.2) is 73.3 Å². The summed E-state index contributed by atoms with van der Waals surface area (Å²) < 4.78 is 13.3. The van der Waals surface area contributed by atoms with Crippen molar-refractivity contribution in [3.63, 3.8) is 0 Å². The van der Waals surface area contributed by atoms with E-state index in [1.54, 1.807) is 19.1 Å². The number of nitrogens with one attached hydrogen (secondary N) is 3. The summed E-state index contributed by atoms with van der Waals surface area (Å²) in [6.45, 7) is 1.79. The Morgan fingerprint density at radius 3 is 2.59 bits per heavy atom. The van der Waals surface area contributed by atoms with Gasteiger partial charge in [0.05, 0.1) is 22.6 Å². The second-order valence-electron chi connectivity index (χ2n) is 8.37. The number of halogens is 1. The first-order valence-corrected chi connectivity index (χ1v) is 11.3. The lowest BCUT2D eigenvalue weighted by atomic mass is 10.1. The number of fused-ring (bicyclic) bond motifs is 1. The zero-order valence-electron chi connectivity index (χ0n) is 19.7. The number of nitriles is 1. The molecule has 3 heterocycles. The van der Waals surface area contributed by atoms with E-state index in [1.807, 2.05) is 36.5 Å². The van der Waals surface area contributed by atoms with Gasteiger partial charge in [0, 0.05) is 23.6 Å². The van der Waals surface area contributed by atoms with E-state index in [2.05, 4.69) is 30.6 Å². The Balaban J connectivity index is 1.39. The summed E-state index contributed by atoms with van der Waals surface area (Å²) in [5.74, 6) is -0.0990. The first-order valence-electron chi connectivity index (χ1n) is 11.3. The van der Waals surface area contributed by atoms with Gasteiger partial charge in [-0.15, -0.1) is 0 Å². The highest BCUT2D eigenvalue weighted by molar-refractivity contribution is 6.01. The number of anilines is 3. The number of hydrogen-bond donors (Lipinski definition) is 4. The predicted molar refractivity (Wildman–Crippen MR) is 138 cm³/mol. The Hall–Kier alpha value is -5.30. The van der Waals surface area contributed by atoms with E-state index in [0.717, 1.165) is 22.1 Å². The van der Waals surface area contributed by atoms with E-state index in [0.29, 0.717) is 23.0 Å². The van der Waals surface area contributed by atoms with E-state index in [1.165, 1.54) is 30.7 Å². The number of pyridine rings is 1. The highest BCUT2D eigenvalue weighted by atomic mass is 19.1. The summed E-state index contributed by atoms with van der Waals surface area (Å²) in [5, 5.41) is 16.1. The molecule has 5 N–H and O–H groups in total. The van der Waals surface area contributed by atoms with Crippen LogP contribution in [0.1, 0.15) is 34.5 Å². The summed E-state index contributed by atoms with van der Waals surface area (Å²) >= 11 is 0. The molecule has 0 spiro atoms. The van der Waals surface area contributed by atoms with Gasteiger partial charge in [-0.3, -0.25) is 4.79 Å². The number of H-pyrrole nitrogens is 1. The van der Waals surface area contributed by atoms with Gasteiger partial charge in [-0.25, -0.2) is 19.3 Å². The quantitative estimate of drug-likeness (QED) is 0.265. The molecule has 10 heteroatoms. The number of nitrogens with two attached hydrogens (primary N) is 1. The number of amides is 1. The normalized spacial score (nSPS) is 11.6. The highest BCUT2D eigenvalue weighted by Crippen LogP contribution is 2.32. The summed E-state index contributed by atoms with van der Waals surface area (Å²) in [6.07, 6.45) is 4.63. The molecule has 0 radical (unpaired) electrons. The second-order valence-corrected chi connectivity index (χ2v) is 8.37. The molecule has 0 saturated heterocycles. The molecule has 0 fully saturated rings. The molecule has 37 heavy (non-hydrogen) atoms. The van der Waals surface area contributed by atoms with Crippen molar-refractivity contribution in [3.8, 4) is 17.2 Å². The molecule has 1 atom stereocenters. The monoisotopic (exact) mass is 492 g/mol. The van der Waals surface area contributed by atoms with Crippen LogP contribution in [0, 0.1) is 17.1 Å². The minimum atomic E-state index is -0.421. The Bertz CT molecular complexity index is 1640. The van der Waals surface area contributed by atoms with E-state index in [-0.39, 0.29) is 16.9 Å². The van der Waals surface area contributed by atoms with Crippen molar-refractivity contribution in [1.29, 1.82) is 5.26 Å². The van der Waals surface area contributed by atoms with Crippen LogP contribution in [0.5, 0.6) is 0 Å². The van der Waals surface area contributed by atoms with Crippen LogP contribution < -0.4 is 16.4 Å². The van der Waals surface area contributed by atoms with Gasteiger partial charge >= 0.3 is 0 Å². The van der Waals surface area contributed by atoms with Gasteiger partial charge in [-0.2, -0.15) is 5.26 Å². The number of aromatic nitrogens is 4. The summed E-state index contributed by atoms with van der Waals surface area (Å²) in [5.41, 5.74) is 10.4.